The van der Waals surface area contributed by atoms with Crippen LogP contribution in [0.2, 0.25) is 0 Å². The molecule has 1 aliphatic rings. The van der Waals surface area contributed by atoms with Gasteiger partial charge < -0.3 is 19.7 Å². The average molecular weight is 375 g/mol. The summed E-state index contributed by atoms with van der Waals surface area (Å²) in [6.07, 6.45) is 3.45. The van der Waals surface area contributed by atoms with Gasteiger partial charge in [0.2, 0.25) is 11.9 Å². The SMILES string of the molecule is CCn1ccc(NC(=O)C2(C)CCCN(c3nc(OC)nc(OC)n3)C2)n1. The van der Waals surface area contributed by atoms with Crippen LogP contribution in [-0.2, 0) is 11.3 Å². The molecule has 0 aromatic carbocycles. The molecule has 1 fully saturated rings. The van der Waals surface area contributed by atoms with E-state index in [0.29, 0.717) is 18.3 Å². The van der Waals surface area contributed by atoms with Gasteiger partial charge in [-0.1, -0.05) is 0 Å². The number of carbonyl (C=O) groups is 1. The lowest BCUT2D eigenvalue weighted by atomic mass is 9.81. The molecule has 3 rings (SSSR count). The second kappa shape index (κ2) is 7.77. The molecule has 0 bridgehead atoms. The second-order valence-electron chi connectivity index (χ2n) is 6.71. The van der Waals surface area contributed by atoms with Crippen molar-refractivity contribution in [2.45, 2.75) is 33.2 Å². The Morgan fingerprint density at radius 2 is 1.96 bits per heavy atom. The maximum absolute atomic E-state index is 12.9. The average Bonchev–Trinajstić information content (AvgIpc) is 3.15. The number of anilines is 2. The molecular weight excluding hydrogens is 350 g/mol. The second-order valence-corrected chi connectivity index (χ2v) is 6.71. The molecule has 1 saturated heterocycles. The largest absolute Gasteiger partial charge is 0.467 e. The summed E-state index contributed by atoms with van der Waals surface area (Å²) < 4.78 is 12.0. The lowest BCUT2D eigenvalue weighted by Crippen LogP contribution is -2.49. The standard InChI is InChI=1S/C17H25N7O3/c1-5-24-10-7-12(22-24)18-13(25)17(2)8-6-9-23(11-17)14-19-15(26-3)21-16(20-14)27-4/h7,10H,5-6,8-9,11H2,1-4H3,(H,18,22,25). The minimum atomic E-state index is -0.596. The highest BCUT2D eigenvalue weighted by Gasteiger charge is 2.39. The monoisotopic (exact) mass is 375 g/mol. The number of ether oxygens (including phenoxy) is 2. The highest BCUT2D eigenvalue weighted by atomic mass is 16.5. The lowest BCUT2D eigenvalue weighted by molar-refractivity contribution is -0.125. The number of aryl methyl sites for hydroxylation is 1. The predicted molar refractivity (Wildman–Crippen MR) is 99.0 cm³/mol. The van der Waals surface area contributed by atoms with E-state index in [9.17, 15) is 4.79 Å². The molecule has 10 heteroatoms. The van der Waals surface area contributed by atoms with Gasteiger partial charge in [0, 0.05) is 31.9 Å². The van der Waals surface area contributed by atoms with E-state index in [2.05, 4.69) is 25.4 Å². The van der Waals surface area contributed by atoms with Gasteiger partial charge in [0.1, 0.15) is 0 Å². The van der Waals surface area contributed by atoms with Gasteiger partial charge in [0.05, 0.1) is 19.6 Å². The normalized spacial score (nSPS) is 19.6. The number of hydrogen-bond acceptors (Lipinski definition) is 8. The molecule has 3 heterocycles. The number of aromatic nitrogens is 5. The molecule has 27 heavy (non-hydrogen) atoms. The summed E-state index contributed by atoms with van der Waals surface area (Å²) in [5.74, 6) is 0.929. The predicted octanol–water partition coefficient (Wildman–Crippen LogP) is 1.35. The Morgan fingerprint density at radius 1 is 1.26 bits per heavy atom. The molecule has 0 aliphatic carbocycles. The van der Waals surface area contributed by atoms with E-state index in [4.69, 9.17) is 9.47 Å². The molecule has 2 aromatic rings. The van der Waals surface area contributed by atoms with Crippen molar-refractivity contribution in [3.8, 4) is 12.0 Å². The molecule has 0 saturated carbocycles. The zero-order valence-corrected chi connectivity index (χ0v) is 16.1. The van der Waals surface area contributed by atoms with Crippen LogP contribution in [0.3, 0.4) is 0 Å². The van der Waals surface area contributed by atoms with E-state index in [0.717, 1.165) is 25.9 Å². The number of methoxy groups -OCH3 is 2. The van der Waals surface area contributed by atoms with Gasteiger partial charge in [0.25, 0.3) is 0 Å². The number of amides is 1. The van der Waals surface area contributed by atoms with Gasteiger partial charge in [-0.05, 0) is 26.7 Å². The van der Waals surface area contributed by atoms with Crippen molar-refractivity contribution < 1.29 is 14.3 Å². The number of carbonyl (C=O) groups excluding carboxylic acids is 1. The van der Waals surface area contributed by atoms with Crippen LogP contribution >= 0.6 is 0 Å². The summed E-state index contributed by atoms with van der Waals surface area (Å²) in [7, 11) is 2.98. The summed E-state index contributed by atoms with van der Waals surface area (Å²) in [5, 5.41) is 7.25. The molecule has 0 radical (unpaired) electrons. The van der Waals surface area contributed by atoms with Gasteiger partial charge in [0.15, 0.2) is 5.82 Å². The highest BCUT2D eigenvalue weighted by Crippen LogP contribution is 2.33. The van der Waals surface area contributed by atoms with Crippen LogP contribution < -0.4 is 19.7 Å². The van der Waals surface area contributed by atoms with Gasteiger partial charge in [-0.25, -0.2) is 0 Å². The number of piperidine rings is 1. The molecule has 10 nitrogen and oxygen atoms in total. The van der Waals surface area contributed by atoms with Crippen LogP contribution in [0, 0.1) is 5.41 Å². The molecule has 146 valence electrons. The number of rotatable bonds is 6. The third-order valence-corrected chi connectivity index (χ3v) is 4.68. The zero-order chi connectivity index (χ0) is 19.4. The van der Waals surface area contributed by atoms with Crippen LogP contribution in [0.1, 0.15) is 26.7 Å². The Bertz CT molecular complexity index is 787. The van der Waals surface area contributed by atoms with Gasteiger partial charge in [-0.15, -0.1) is 4.98 Å². The number of nitrogens with one attached hydrogen (secondary N) is 1. The van der Waals surface area contributed by atoms with Crippen LogP contribution in [0.15, 0.2) is 12.3 Å². The van der Waals surface area contributed by atoms with Crippen molar-refractivity contribution >= 4 is 17.7 Å². The van der Waals surface area contributed by atoms with E-state index in [-0.39, 0.29) is 17.9 Å². The summed E-state index contributed by atoms with van der Waals surface area (Å²) in [4.78, 5) is 27.5. The van der Waals surface area contributed by atoms with Crippen LogP contribution in [-0.4, -0.2) is 57.9 Å². The van der Waals surface area contributed by atoms with Gasteiger partial charge in [-0.3, -0.25) is 9.48 Å². The first kappa shape index (κ1) is 18.9. The van der Waals surface area contributed by atoms with E-state index in [1.807, 2.05) is 24.9 Å². The highest BCUT2D eigenvalue weighted by molar-refractivity contribution is 5.94. The molecule has 1 aliphatic heterocycles. The topological polar surface area (TPSA) is 107 Å². The Balaban J connectivity index is 1.76. The molecule has 1 atom stereocenters. The Labute approximate surface area is 157 Å². The Morgan fingerprint density at radius 3 is 2.56 bits per heavy atom. The van der Waals surface area contributed by atoms with Crippen molar-refractivity contribution in [2.24, 2.45) is 5.41 Å². The van der Waals surface area contributed by atoms with Crippen LogP contribution in [0.25, 0.3) is 0 Å². The van der Waals surface area contributed by atoms with Crippen molar-refractivity contribution in [1.82, 2.24) is 24.7 Å². The molecule has 1 amide bonds. The fourth-order valence-electron chi connectivity index (χ4n) is 3.12. The molecule has 2 aromatic heterocycles. The number of nitrogens with zero attached hydrogens (tertiary/aromatic N) is 6. The van der Waals surface area contributed by atoms with E-state index < -0.39 is 5.41 Å². The molecule has 0 spiro atoms. The summed E-state index contributed by atoms with van der Waals surface area (Å²) >= 11 is 0. The van der Waals surface area contributed by atoms with Crippen molar-refractivity contribution in [1.29, 1.82) is 0 Å². The lowest BCUT2D eigenvalue weighted by Gasteiger charge is -2.39. The summed E-state index contributed by atoms with van der Waals surface area (Å²) in [6.45, 7) is 5.91. The van der Waals surface area contributed by atoms with E-state index in [1.54, 1.807) is 10.7 Å². The maximum Gasteiger partial charge on any atom is 0.324 e. The molecule has 1 N–H and O–H groups in total. The quantitative estimate of drug-likeness (QED) is 0.806. The van der Waals surface area contributed by atoms with Gasteiger partial charge in [-0.2, -0.15) is 15.1 Å². The smallest absolute Gasteiger partial charge is 0.324 e. The Hall–Kier alpha value is -2.91. The minimum Gasteiger partial charge on any atom is -0.467 e. The fourth-order valence-corrected chi connectivity index (χ4v) is 3.12. The first-order valence-electron chi connectivity index (χ1n) is 8.91. The Kier molecular flexibility index (Phi) is 5.43. The van der Waals surface area contributed by atoms with Crippen LogP contribution in [0.4, 0.5) is 11.8 Å². The first-order chi connectivity index (χ1) is 13.0. The van der Waals surface area contributed by atoms with E-state index in [1.165, 1.54) is 14.2 Å². The van der Waals surface area contributed by atoms with Crippen molar-refractivity contribution in [3.05, 3.63) is 12.3 Å². The van der Waals surface area contributed by atoms with Gasteiger partial charge >= 0.3 is 12.0 Å². The maximum atomic E-state index is 12.9. The van der Waals surface area contributed by atoms with Crippen LogP contribution in [0.5, 0.6) is 12.0 Å². The number of hydrogen-bond donors (Lipinski definition) is 1. The van der Waals surface area contributed by atoms with E-state index >= 15 is 0 Å². The third kappa shape index (κ3) is 4.09. The van der Waals surface area contributed by atoms with Crippen molar-refractivity contribution in [3.63, 3.8) is 0 Å². The minimum absolute atomic E-state index is 0.0680. The molecule has 1 unspecified atom stereocenters. The summed E-state index contributed by atoms with van der Waals surface area (Å²) in [5.41, 5.74) is -0.596. The third-order valence-electron chi connectivity index (χ3n) is 4.68. The first-order valence-corrected chi connectivity index (χ1v) is 8.91. The van der Waals surface area contributed by atoms with Crippen molar-refractivity contribution in [2.75, 3.05) is 37.5 Å². The fraction of sp³-hybridized carbons (Fsp3) is 0.588. The molecular formula is C17H25N7O3. The zero-order valence-electron chi connectivity index (χ0n) is 16.1. The summed E-state index contributed by atoms with van der Waals surface area (Å²) in [6, 6.07) is 2.16.